The van der Waals surface area contributed by atoms with Crippen molar-refractivity contribution in [3.05, 3.63) is 31.3 Å². The summed E-state index contributed by atoms with van der Waals surface area (Å²) in [6.45, 7) is 2.87. The number of nitrogens with zero attached hydrogens (tertiary/aromatic N) is 2. The van der Waals surface area contributed by atoms with Gasteiger partial charge in [-0.1, -0.05) is 0 Å². The summed E-state index contributed by atoms with van der Waals surface area (Å²) < 4.78 is 7.67. The van der Waals surface area contributed by atoms with Crippen LogP contribution >= 0.6 is 11.3 Å². The fourth-order valence-corrected chi connectivity index (χ4v) is 4.82. The average molecular weight is 380 g/mol. The van der Waals surface area contributed by atoms with Gasteiger partial charge in [-0.25, -0.2) is 9.36 Å². The molecule has 0 bridgehead atoms. The third kappa shape index (κ3) is 3.48. The van der Waals surface area contributed by atoms with E-state index in [-0.39, 0.29) is 18.7 Å². The van der Waals surface area contributed by atoms with Crippen LogP contribution in [0.15, 0.2) is 9.59 Å². The van der Waals surface area contributed by atoms with Gasteiger partial charge in [0.25, 0.3) is 5.56 Å². The predicted molar refractivity (Wildman–Crippen MR) is 101 cm³/mol. The molecule has 0 aliphatic heterocycles. The average Bonchev–Trinajstić information content (AvgIpc) is 2.98. The molecule has 0 fully saturated rings. The molecular weight excluding hydrogens is 354 g/mol. The lowest BCUT2D eigenvalue weighted by Crippen LogP contribution is -3.06. The summed E-state index contributed by atoms with van der Waals surface area (Å²) in [7, 11) is 4.05. The fraction of sp³-hybridized carbons (Fsp3) is 0.611. The summed E-state index contributed by atoms with van der Waals surface area (Å²) in [5.41, 5.74) is 0.297. The van der Waals surface area contributed by atoms with Crippen LogP contribution in [0.3, 0.4) is 0 Å². The first kappa shape index (κ1) is 18.8. The van der Waals surface area contributed by atoms with Crippen molar-refractivity contribution in [1.82, 2.24) is 9.13 Å². The highest BCUT2D eigenvalue weighted by molar-refractivity contribution is 7.18. The second kappa shape index (κ2) is 7.75. The van der Waals surface area contributed by atoms with E-state index in [1.807, 2.05) is 14.1 Å². The number of carbonyl (C=O) groups is 1. The Kier molecular flexibility index (Phi) is 5.62. The van der Waals surface area contributed by atoms with Crippen LogP contribution in [-0.4, -0.2) is 42.4 Å². The van der Waals surface area contributed by atoms with Gasteiger partial charge in [0.15, 0.2) is 0 Å². The second-order valence-electron chi connectivity index (χ2n) is 6.98. The van der Waals surface area contributed by atoms with E-state index in [9.17, 15) is 14.4 Å². The smallest absolute Gasteiger partial charge is 0.332 e. The molecule has 2 heterocycles. The topological polar surface area (TPSA) is 74.7 Å². The second-order valence-corrected chi connectivity index (χ2v) is 8.06. The van der Waals surface area contributed by atoms with Crippen LogP contribution in [0.4, 0.5) is 0 Å². The largest absolute Gasteiger partial charge is 0.465 e. The standard InChI is InChI=1S/C18H25N3O4S/c1-4-25-14(22)11-21-16(23)15-12-7-5-6-8-13(12)26-17(15)20(18(21)24)10-9-19(2)3/h4-11H2,1-3H3/p+1. The number of aromatic nitrogens is 2. The SMILES string of the molecule is CCOC(=O)Cn1c(=O)c2c3c(sc2n(CC[NH+](C)C)c1=O)CCCC3. The Morgan fingerprint density at radius 1 is 1.19 bits per heavy atom. The Labute approximate surface area is 155 Å². The van der Waals surface area contributed by atoms with Crippen molar-refractivity contribution in [3.63, 3.8) is 0 Å². The minimum atomic E-state index is -0.556. The molecule has 3 rings (SSSR count). The molecule has 0 radical (unpaired) electrons. The Hall–Kier alpha value is -1.93. The summed E-state index contributed by atoms with van der Waals surface area (Å²) in [5, 5.41) is 0.627. The van der Waals surface area contributed by atoms with Crippen molar-refractivity contribution >= 4 is 27.5 Å². The van der Waals surface area contributed by atoms with Crippen molar-refractivity contribution in [3.8, 4) is 0 Å². The minimum Gasteiger partial charge on any atom is -0.465 e. The molecule has 26 heavy (non-hydrogen) atoms. The third-order valence-electron chi connectivity index (χ3n) is 4.75. The van der Waals surface area contributed by atoms with Crippen LogP contribution in [0, 0.1) is 0 Å². The molecule has 8 heteroatoms. The third-order valence-corrected chi connectivity index (χ3v) is 6.06. The molecule has 2 aromatic rings. The fourth-order valence-electron chi connectivity index (χ4n) is 3.42. The van der Waals surface area contributed by atoms with Crippen molar-refractivity contribution in [2.24, 2.45) is 0 Å². The summed E-state index contributed by atoms with van der Waals surface area (Å²) in [6, 6.07) is 0. The molecule has 1 aliphatic rings. The van der Waals surface area contributed by atoms with Crippen LogP contribution in [0.1, 0.15) is 30.2 Å². The molecule has 0 unspecified atom stereocenters. The summed E-state index contributed by atoms with van der Waals surface area (Å²) in [4.78, 5) is 41.2. The Bertz CT molecular complexity index is 939. The Morgan fingerprint density at radius 3 is 2.62 bits per heavy atom. The number of fused-ring (bicyclic) bond motifs is 3. The molecule has 142 valence electrons. The number of ether oxygens (including phenoxy) is 1. The van der Waals surface area contributed by atoms with E-state index >= 15 is 0 Å². The number of hydrogen-bond acceptors (Lipinski definition) is 5. The number of carbonyl (C=O) groups excluding carboxylic acids is 1. The zero-order valence-corrected chi connectivity index (χ0v) is 16.4. The normalized spacial score (nSPS) is 14.0. The number of hydrogen-bond donors (Lipinski definition) is 1. The quantitative estimate of drug-likeness (QED) is 0.705. The highest BCUT2D eigenvalue weighted by atomic mass is 32.1. The van der Waals surface area contributed by atoms with Crippen molar-refractivity contribution < 1.29 is 14.4 Å². The monoisotopic (exact) mass is 380 g/mol. The first-order valence-corrected chi connectivity index (χ1v) is 9.98. The van der Waals surface area contributed by atoms with E-state index in [4.69, 9.17) is 4.74 Å². The van der Waals surface area contributed by atoms with E-state index in [0.717, 1.165) is 47.2 Å². The van der Waals surface area contributed by atoms with Crippen LogP contribution in [0.2, 0.25) is 0 Å². The number of rotatable bonds is 6. The number of nitrogens with one attached hydrogen (secondary N) is 1. The highest BCUT2D eigenvalue weighted by Gasteiger charge is 2.24. The predicted octanol–water partition coefficient (Wildman–Crippen LogP) is -0.189. The van der Waals surface area contributed by atoms with E-state index < -0.39 is 11.7 Å². The molecule has 7 nitrogen and oxygen atoms in total. The van der Waals surface area contributed by atoms with Gasteiger partial charge in [0.2, 0.25) is 0 Å². The van der Waals surface area contributed by atoms with Gasteiger partial charge in [0.05, 0.1) is 39.2 Å². The van der Waals surface area contributed by atoms with Gasteiger partial charge in [0, 0.05) is 4.88 Å². The van der Waals surface area contributed by atoms with Gasteiger partial charge in [0.1, 0.15) is 11.4 Å². The highest BCUT2D eigenvalue weighted by Crippen LogP contribution is 2.34. The molecule has 2 aromatic heterocycles. The van der Waals surface area contributed by atoms with Crippen LogP contribution in [0.5, 0.6) is 0 Å². The molecule has 1 N–H and O–H groups in total. The van der Waals surface area contributed by atoms with E-state index in [2.05, 4.69) is 0 Å². The minimum absolute atomic E-state index is 0.224. The number of esters is 1. The van der Waals surface area contributed by atoms with Crippen LogP contribution in [0.25, 0.3) is 10.2 Å². The molecule has 0 amide bonds. The van der Waals surface area contributed by atoms with Crippen LogP contribution < -0.4 is 16.1 Å². The van der Waals surface area contributed by atoms with Crippen molar-refractivity contribution in [2.75, 3.05) is 27.2 Å². The molecule has 0 aromatic carbocycles. The number of likely N-dealkylation sites (N-methyl/N-ethyl adjacent to an activating group) is 1. The number of thiophene rings is 1. The summed E-state index contributed by atoms with van der Waals surface area (Å²) in [6.07, 6.45) is 3.99. The van der Waals surface area contributed by atoms with Gasteiger partial charge in [-0.2, -0.15) is 0 Å². The van der Waals surface area contributed by atoms with Crippen molar-refractivity contribution in [1.29, 1.82) is 0 Å². The molecule has 0 spiro atoms. The molecule has 1 aliphatic carbocycles. The maximum absolute atomic E-state index is 13.1. The lowest BCUT2D eigenvalue weighted by Gasteiger charge is -2.14. The zero-order valence-electron chi connectivity index (χ0n) is 15.6. The first-order valence-electron chi connectivity index (χ1n) is 9.16. The molecule has 0 saturated heterocycles. The van der Waals surface area contributed by atoms with Gasteiger partial charge in [-0.05, 0) is 38.2 Å². The number of quaternary nitrogens is 1. The van der Waals surface area contributed by atoms with Gasteiger partial charge >= 0.3 is 11.7 Å². The van der Waals surface area contributed by atoms with E-state index in [0.29, 0.717) is 11.9 Å². The van der Waals surface area contributed by atoms with Crippen molar-refractivity contribution in [2.45, 2.75) is 45.7 Å². The lowest BCUT2D eigenvalue weighted by atomic mass is 9.97. The lowest BCUT2D eigenvalue weighted by molar-refractivity contribution is -0.858. The molecule has 0 atom stereocenters. The summed E-state index contributed by atoms with van der Waals surface area (Å²) in [5.74, 6) is -0.556. The maximum Gasteiger partial charge on any atom is 0.332 e. The van der Waals surface area contributed by atoms with E-state index in [1.54, 1.807) is 22.8 Å². The van der Waals surface area contributed by atoms with Gasteiger partial charge in [-0.15, -0.1) is 11.3 Å². The Balaban J connectivity index is 2.21. The zero-order chi connectivity index (χ0) is 18.8. The molecule has 0 saturated carbocycles. The van der Waals surface area contributed by atoms with Crippen LogP contribution in [-0.2, 0) is 35.5 Å². The van der Waals surface area contributed by atoms with E-state index in [1.165, 1.54) is 9.78 Å². The maximum atomic E-state index is 13.1. The first-order chi connectivity index (χ1) is 12.4. The number of aryl methyl sites for hydroxylation is 2. The summed E-state index contributed by atoms with van der Waals surface area (Å²) >= 11 is 1.57. The van der Waals surface area contributed by atoms with Gasteiger partial charge < -0.3 is 9.64 Å². The molecular formula is C18H26N3O4S+. The Morgan fingerprint density at radius 2 is 1.92 bits per heavy atom. The van der Waals surface area contributed by atoms with Gasteiger partial charge in [-0.3, -0.25) is 14.2 Å².